The molecule has 5 atom stereocenters. The molecule has 18 heteroatoms. The first-order valence-corrected chi connectivity index (χ1v) is 11.5. The summed E-state index contributed by atoms with van der Waals surface area (Å²) in [7, 11) is -5.16. The van der Waals surface area contributed by atoms with Crippen LogP contribution < -0.4 is 4.18 Å². The van der Waals surface area contributed by atoms with Crippen LogP contribution in [0.25, 0.3) is 0 Å². The molecule has 0 spiro atoms. The van der Waals surface area contributed by atoms with E-state index in [0.717, 1.165) is 0 Å². The number of phenolic OH excluding ortho intramolecular Hbond substituents is 5. The lowest BCUT2D eigenvalue weighted by atomic mass is 9.98. The lowest BCUT2D eigenvalue weighted by molar-refractivity contribution is -0.284. The van der Waals surface area contributed by atoms with Gasteiger partial charge in [0.25, 0.3) is 0 Å². The molecule has 38 heavy (non-hydrogen) atoms. The van der Waals surface area contributed by atoms with E-state index in [1.807, 2.05) is 0 Å². The van der Waals surface area contributed by atoms with Crippen LogP contribution >= 0.6 is 0 Å². The highest BCUT2D eigenvalue weighted by Crippen LogP contribution is 2.39. The molecule has 1 heterocycles. The van der Waals surface area contributed by atoms with Gasteiger partial charge in [0, 0.05) is 0 Å². The fraction of sp³-hybridized carbons (Fsp3) is 0.300. The quantitative estimate of drug-likeness (QED) is 0.102. The van der Waals surface area contributed by atoms with Gasteiger partial charge in [-0.05, 0) is 24.3 Å². The van der Waals surface area contributed by atoms with E-state index in [2.05, 4.69) is 4.18 Å². The monoisotopic (exact) mass is 564 g/mol. The summed E-state index contributed by atoms with van der Waals surface area (Å²) in [4.78, 5) is 25.0. The van der Waals surface area contributed by atoms with Gasteiger partial charge in [-0.3, -0.25) is 4.55 Å². The molecule has 0 saturated carbocycles. The number of aliphatic hydroxyl groups is 3. The smallest absolute Gasteiger partial charge is 0.446 e. The molecule has 0 aliphatic carbocycles. The number of phenols is 5. The number of aliphatic hydroxyl groups excluding tert-OH is 3. The molecule has 5 unspecified atom stereocenters. The Morgan fingerprint density at radius 2 is 1.29 bits per heavy atom. The Kier molecular flexibility index (Phi) is 8.05. The fourth-order valence-corrected chi connectivity index (χ4v) is 3.67. The molecule has 1 aliphatic rings. The van der Waals surface area contributed by atoms with E-state index < -0.39 is 105 Å². The second-order valence-electron chi connectivity index (χ2n) is 7.70. The fourth-order valence-electron chi connectivity index (χ4n) is 3.28. The average molecular weight is 564 g/mol. The molecule has 2 aromatic carbocycles. The van der Waals surface area contributed by atoms with E-state index >= 15 is 0 Å². The summed E-state index contributed by atoms with van der Waals surface area (Å²) in [5.74, 6) is -8.88. The summed E-state index contributed by atoms with van der Waals surface area (Å²) in [6, 6.07) is 2.50. The van der Waals surface area contributed by atoms with Crippen molar-refractivity contribution in [3.63, 3.8) is 0 Å². The number of esters is 2. The predicted octanol–water partition coefficient (Wildman–Crippen LogP) is -1.78. The van der Waals surface area contributed by atoms with Crippen LogP contribution in [0.4, 0.5) is 0 Å². The predicted molar refractivity (Wildman–Crippen MR) is 116 cm³/mol. The van der Waals surface area contributed by atoms with Crippen molar-refractivity contribution in [3.05, 3.63) is 35.4 Å². The van der Waals surface area contributed by atoms with E-state index in [1.165, 1.54) is 0 Å². The van der Waals surface area contributed by atoms with Crippen molar-refractivity contribution in [2.45, 2.75) is 30.7 Å². The van der Waals surface area contributed by atoms with Gasteiger partial charge in [0.15, 0.2) is 41.0 Å². The second kappa shape index (κ2) is 10.7. The molecular weight excluding hydrogens is 544 g/mol. The Balaban J connectivity index is 1.82. The summed E-state index contributed by atoms with van der Waals surface area (Å²) in [6.45, 7) is -0.931. The highest BCUT2D eigenvalue weighted by Gasteiger charge is 2.48. The van der Waals surface area contributed by atoms with Gasteiger partial charge in [0.1, 0.15) is 12.2 Å². The topological polar surface area (TPSA) is 287 Å². The molecule has 0 radical (unpaired) electrons. The van der Waals surface area contributed by atoms with E-state index in [0.29, 0.717) is 24.3 Å². The van der Waals surface area contributed by atoms with E-state index in [4.69, 9.17) is 18.8 Å². The SMILES string of the molecule is O=C(OC1OC(CO)C(O)C(OC(=O)c2cc(O)c(O)c(O)c2)C1O)c1cc(O)c(OS(=O)(=O)O)c(O)c1. The van der Waals surface area contributed by atoms with Gasteiger partial charge < -0.3 is 59.2 Å². The van der Waals surface area contributed by atoms with Crippen molar-refractivity contribution in [1.29, 1.82) is 0 Å². The summed E-state index contributed by atoms with van der Waals surface area (Å²) in [6.07, 6.45) is -9.58. The zero-order valence-corrected chi connectivity index (χ0v) is 19.4. The summed E-state index contributed by atoms with van der Waals surface area (Å²) >= 11 is 0. The highest BCUT2D eigenvalue weighted by atomic mass is 32.3. The maximum absolute atomic E-state index is 12.5. The second-order valence-corrected chi connectivity index (χ2v) is 8.72. The van der Waals surface area contributed by atoms with Gasteiger partial charge in [0.2, 0.25) is 12.0 Å². The molecule has 17 nitrogen and oxygen atoms in total. The molecule has 1 fully saturated rings. The third-order valence-corrected chi connectivity index (χ3v) is 5.44. The number of hydrogen-bond acceptors (Lipinski definition) is 16. The number of carbonyl (C=O) groups is 2. The van der Waals surface area contributed by atoms with Crippen molar-refractivity contribution in [1.82, 2.24) is 0 Å². The molecule has 2 aromatic rings. The number of ether oxygens (including phenoxy) is 3. The van der Waals surface area contributed by atoms with E-state index in [9.17, 15) is 58.9 Å². The molecule has 9 N–H and O–H groups in total. The van der Waals surface area contributed by atoms with Crippen LogP contribution in [-0.4, -0.2) is 103 Å². The standard InChI is InChI=1S/C20H20O17S/c21-5-12-14(27)17(35-18(29)6-1-8(22)13(26)9(23)2-6)15(28)20(34-12)36-19(30)7-3-10(24)16(11(25)4-7)37-38(31,32)33/h1-4,12,14-15,17,20-28H,5H2,(H,31,32,33). The van der Waals surface area contributed by atoms with Crippen LogP contribution in [0.15, 0.2) is 24.3 Å². The first-order valence-electron chi connectivity index (χ1n) is 10.1. The minimum Gasteiger partial charge on any atom is -0.504 e. The van der Waals surface area contributed by atoms with Crippen molar-refractivity contribution >= 4 is 22.3 Å². The Hall–Kier alpha value is -4.07. The first-order chi connectivity index (χ1) is 17.6. The zero-order valence-electron chi connectivity index (χ0n) is 18.6. The largest absolute Gasteiger partial charge is 0.504 e. The molecule has 1 aliphatic heterocycles. The van der Waals surface area contributed by atoms with Crippen LogP contribution in [0, 0.1) is 0 Å². The molecule has 0 amide bonds. The first kappa shape index (κ1) is 28.5. The third-order valence-electron chi connectivity index (χ3n) is 5.07. The van der Waals surface area contributed by atoms with Gasteiger partial charge in [-0.1, -0.05) is 0 Å². The maximum Gasteiger partial charge on any atom is 0.446 e. The van der Waals surface area contributed by atoms with Crippen molar-refractivity contribution < 1.29 is 81.8 Å². The number of hydrogen-bond donors (Lipinski definition) is 9. The van der Waals surface area contributed by atoms with Gasteiger partial charge in [0.05, 0.1) is 17.7 Å². The van der Waals surface area contributed by atoms with E-state index in [1.54, 1.807) is 0 Å². The maximum atomic E-state index is 12.5. The van der Waals surface area contributed by atoms with E-state index in [-0.39, 0.29) is 0 Å². The molecule has 0 bridgehead atoms. The minimum absolute atomic E-state index is 0.532. The van der Waals surface area contributed by atoms with Gasteiger partial charge in [-0.25, -0.2) is 9.59 Å². The number of rotatable bonds is 7. The molecule has 1 saturated heterocycles. The normalized spacial score (nSPS) is 23.4. The van der Waals surface area contributed by atoms with Crippen LogP contribution in [0.3, 0.4) is 0 Å². The minimum atomic E-state index is -5.16. The average Bonchev–Trinajstić information content (AvgIpc) is 2.82. The Bertz CT molecular complexity index is 1290. The molecule has 208 valence electrons. The van der Waals surface area contributed by atoms with Gasteiger partial charge >= 0.3 is 22.3 Å². The number of aromatic hydroxyl groups is 5. The van der Waals surface area contributed by atoms with Crippen LogP contribution in [0.1, 0.15) is 20.7 Å². The number of carbonyl (C=O) groups excluding carboxylic acids is 2. The Labute approximate surface area is 211 Å². The van der Waals surface area contributed by atoms with Crippen LogP contribution in [-0.2, 0) is 24.6 Å². The van der Waals surface area contributed by atoms with Gasteiger partial charge in [-0.15, -0.1) is 0 Å². The van der Waals surface area contributed by atoms with Crippen molar-refractivity contribution in [2.75, 3.05) is 6.61 Å². The van der Waals surface area contributed by atoms with Crippen LogP contribution in [0.2, 0.25) is 0 Å². The van der Waals surface area contributed by atoms with Gasteiger partial charge in [-0.2, -0.15) is 8.42 Å². The number of benzene rings is 2. The lowest BCUT2D eigenvalue weighted by Gasteiger charge is -2.40. The third kappa shape index (κ3) is 6.07. The Morgan fingerprint density at radius 3 is 1.76 bits per heavy atom. The highest BCUT2D eigenvalue weighted by molar-refractivity contribution is 7.81. The van der Waals surface area contributed by atoms with Crippen LogP contribution in [0.5, 0.6) is 34.5 Å². The summed E-state index contributed by atoms with van der Waals surface area (Å²) in [5, 5.41) is 78.6. The molecule has 0 aromatic heterocycles. The zero-order chi connectivity index (χ0) is 28.5. The molecule has 3 rings (SSSR count). The summed E-state index contributed by atoms with van der Waals surface area (Å²) < 4.78 is 49.3. The summed E-state index contributed by atoms with van der Waals surface area (Å²) in [5.41, 5.74) is -1.19. The van der Waals surface area contributed by atoms with Crippen molar-refractivity contribution in [3.8, 4) is 34.5 Å². The van der Waals surface area contributed by atoms with Crippen molar-refractivity contribution in [2.24, 2.45) is 0 Å². The lowest BCUT2D eigenvalue weighted by Crippen LogP contribution is -2.60. The molecular formula is C20H20O17S. The Morgan fingerprint density at radius 1 is 0.816 bits per heavy atom.